The summed E-state index contributed by atoms with van der Waals surface area (Å²) in [5.41, 5.74) is 0.973. The van der Waals surface area contributed by atoms with E-state index >= 15 is 0 Å². The molecule has 0 aliphatic carbocycles. The zero-order chi connectivity index (χ0) is 12.6. The van der Waals surface area contributed by atoms with Gasteiger partial charge in [0.25, 0.3) is 0 Å². The van der Waals surface area contributed by atoms with Crippen molar-refractivity contribution in [2.24, 2.45) is 0 Å². The number of benzene rings is 1. The Bertz CT molecular complexity index is 468. The predicted octanol–water partition coefficient (Wildman–Crippen LogP) is 1.51. The first-order chi connectivity index (χ1) is 8.84. The number of hydrogen-bond acceptors (Lipinski definition) is 5. The minimum atomic E-state index is -0.293. The van der Waals surface area contributed by atoms with E-state index < -0.39 is 0 Å². The van der Waals surface area contributed by atoms with Gasteiger partial charge in [0.15, 0.2) is 6.39 Å². The molecule has 0 fully saturated rings. The Hall–Kier alpha value is -2.14. The Morgan fingerprint density at radius 1 is 1.33 bits per heavy atom. The molecule has 0 radical (unpaired) electrons. The molecule has 0 atom stereocenters. The fraction of sp³-hybridized carbons (Fsp3) is 0.231. The van der Waals surface area contributed by atoms with Gasteiger partial charge >= 0.3 is 5.97 Å². The maximum absolute atomic E-state index is 11.4. The van der Waals surface area contributed by atoms with Gasteiger partial charge < -0.3 is 9.15 Å². The molecular weight excluding hydrogens is 232 g/mol. The van der Waals surface area contributed by atoms with E-state index in [9.17, 15) is 4.79 Å². The molecule has 1 aromatic heterocycles. The number of carbonyl (C=O) groups is 1. The van der Waals surface area contributed by atoms with Gasteiger partial charge in [-0.05, 0) is 5.56 Å². The summed E-state index contributed by atoms with van der Waals surface area (Å²) in [7, 11) is 0. The Balaban J connectivity index is 1.63. The van der Waals surface area contributed by atoms with E-state index in [1.807, 2.05) is 30.3 Å². The number of oxazole rings is 1. The molecule has 0 aliphatic rings. The van der Waals surface area contributed by atoms with E-state index in [2.05, 4.69) is 10.3 Å². The number of nitrogens with one attached hydrogen (secondary N) is 1. The van der Waals surface area contributed by atoms with Crippen molar-refractivity contribution in [2.45, 2.75) is 13.2 Å². The fourth-order valence-corrected chi connectivity index (χ4v) is 1.41. The molecule has 0 unspecified atom stereocenters. The number of rotatable bonds is 6. The van der Waals surface area contributed by atoms with Gasteiger partial charge in [-0.2, -0.15) is 0 Å². The molecule has 2 aromatic rings. The number of nitrogens with zero attached hydrogens (tertiary/aromatic N) is 1. The Morgan fingerprint density at radius 2 is 2.17 bits per heavy atom. The van der Waals surface area contributed by atoms with E-state index in [4.69, 9.17) is 9.15 Å². The lowest BCUT2D eigenvalue weighted by atomic mass is 10.2. The predicted molar refractivity (Wildman–Crippen MR) is 64.4 cm³/mol. The second kappa shape index (κ2) is 6.56. The van der Waals surface area contributed by atoms with E-state index in [0.717, 1.165) is 5.56 Å². The number of aromatic nitrogens is 1. The van der Waals surface area contributed by atoms with Gasteiger partial charge in [0.05, 0.1) is 19.3 Å². The third-order valence-electron chi connectivity index (χ3n) is 2.29. The van der Waals surface area contributed by atoms with Gasteiger partial charge in [-0.15, -0.1) is 0 Å². The van der Waals surface area contributed by atoms with Gasteiger partial charge in [-0.25, -0.2) is 4.98 Å². The molecule has 1 aromatic carbocycles. The van der Waals surface area contributed by atoms with Crippen LogP contribution in [0, 0.1) is 0 Å². The lowest BCUT2D eigenvalue weighted by molar-refractivity contribution is -0.143. The third kappa shape index (κ3) is 4.03. The molecule has 5 nitrogen and oxygen atoms in total. The highest BCUT2D eigenvalue weighted by Crippen LogP contribution is 2.00. The first-order valence-electron chi connectivity index (χ1n) is 5.62. The summed E-state index contributed by atoms with van der Waals surface area (Å²) in [6.45, 7) is 0.900. The van der Waals surface area contributed by atoms with Crippen LogP contribution in [-0.4, -0.2) is 17.5 Å². The lowest BCUT2D eigenvalue weighted by Gasteiger charge is -2.05. The van der Waals surface area contributed by atoms with Gasteiger partial charge in [0.2, 0.25) is 0 Å². The molecule has 0 saturated carbocycles. The summed E-state index contributed by atoms with van der Waals surface area (Å²) in [5.74, 6) is 0.393. The first-order valence-corrected chi connectivity index (χ1v) is 5.62. The van der Waals surface area contributed by atoms with E-state index in [1.54, 1.807) is 6.20 Å². The zero-order valence-electron chi connectivity index (χ0n) is 9.83. The van der Waals surface area contributed by atoms with Gasteiger partial charge in [-0.3, -0.25) is 10.1 Å². The monoisotopic (exact) mass is 246 g/mol. The largest absolute Gasteiger partial charge is 0.460 e. The van der Waals surface area contributed by atoms with Crippen molar-refractivity contribution < 1.29 is 13.9 Å². The summed E-state index contributed by atoms with van der Waals surface area (Å²) < 4.78 is 10.1. The van der Waals surface area contributed by atoms with Crippen LogP contribution >= 0.6 is 0 Å². The maximum atomic E-state index is 11.4. The Labute approximate surface area is 105 Å². The molecule has 94 valence electrons. The summed E-state index contributed by atoms with van der Waals surface area (Å²) in [4.78, 5) is 15.2. The molecule has 0 saturated heterocycles. The molecular formula is C13H14N2O3. The van der Waals surface area contributed by atoms with Crippen LogP contribution in [0.2, 0.25) is 0 Å². The van der Waals surface area contributed by atoms with Crippen molar-refractivity contribution in [3.8, 4) is 0 Å². The molecule has 1 heterocycles. The normalized spacial score (nSPS) is 10.2. The fourth-order valence-electron chi connectivity index (χ4n) is 1.41. The number of esters is 1. The number of ether oxygens (including phenoxy) is 1. The molecule has 0 spiro atoms. The molecule has 0 aliphatic heterocycles. The highest BCUT2D eigenvalue weighted by Gasteiger charge is 2.03. The maximum Gasteiger partial charge on any atom is 0.320 e. The molecule has 5 heteroatoms. The van der Waals surface area contributed by atoms with Crippen LogP contribution in [0.4, 0.5) is 0 Å². The third-order valence-corrected chi connectivity index (χ3v) is 2.29. The smallest absolute Gasteiger partial charge is 0.320 e. The molecule has 0 amide bonds. The van der Waals surface area contributed by atoms with Crippen LogP contribution in [0.1, 0.15) is 11.3 Å². The highest BCUT2D eigenvalue weighted by molar-refractivity contribution is 5.71. The van der Waals surface area contributed by atoms with Crippen molar-refractivity contribution in [3.63, 3.8) is 0 Å². The number of hydrogen-bond donors (Lipinski definition) is 1. The van der Waals surface area contributed by atoms with Crippen LogP contribution < -0.4 is 5.32 Å². The van der Waals surface area contributed by atoms with Crippen LogP contribution in [0.15, 0.2) is 47.3 Å². The first kappa shape index (κ1) is 12.3. The summed E-state index contributed by atoms with van der Waals surface area (Å²) in [6, 6.07) is 9.56. The molecule has 1 N–H and O–H groups in total. The van der Waals surface area contributed by atoms with Gasteiger partial charge in [0.1, 0.15) is 12.4 Å². The number of carbonyl (C=O) groups excluding carboxylic acids is 1. The Kier molecular flexibility index (Phi) is 4.49. The second-order valence-corrected chi connectivity index (χ2v) is 3.72. The van der Waals surface area contributed by atoms with E-state index in [-0.39, 0.29) is 12.5 Å². The minimum Gasteiger partial charge on any atom is -0.460 e. The Morgan fingerprint density at radius 3 is 2.89 bits per heavy atom. The van der Waals surface area contributed by atoms with E-state index in [1.165, 1.54) is 6.39 Å². The molecule has 0 bridgehead atoms. The summed E-state index contributed by atoms with van der Waals surface area (Å²) in [6.07, 6.45) is 2.95. The summed E-state index contributed by atoms with van der Waals surface area (Å²) in [5, 5.41) is 2.92. The minimum absolute atomic E-state index is 0.146. The quantitative estimate of drug-likeness (QED) is 0.783. The van der Waals surface area contributed by atoms with Crippen molar-refractivity contribution in [2.75, 3.05) is 6.54 Å². The average molecular weight is 246 g/mol. The standard InChI is InChI=1S/C13H14N2O3/c16-13(8-14-6-12-7-15-10-18-12)17-9-11-4-2-1-3-5-11/h1-5,7,10,14H,6,8-9H2. The van der Waals surface area contributed by atoms with Crippen molar-refractivity contribution in [3.05, 3.63) is 54.2 Å². The average Bonchev–Trinajstić information content (AvgIpc) is 2.91. The van der Waals surface area contributed by atoms with Crippen molar-refractivity contribution >= 4 is 5.97 Å². The van der Waals surface area contributed by atoms with Gasteiger partial charge in [0, 0.05) is 0 Å². The van der Waals surface area contributed by atoms with Crippen LogP contribution in [0.25, 0.3) is 0 Å². The van der Waals surface area contributed by atoms with Crippen LogP contribution in [-0.2, 0) is 22.7 Å². The van der Waals surface area contributed by atoms with Crippen LogP contribution in [0.3, 0.4) is 0 Å². The topological polar surface area (TPSA) is 64.4 Å². The van der Waals surface area contributed by atoms with Crippen molar-refractivity contribution in [1.29, 1.82) is 0 Å². The SMILES string of the molecule is O=C(CNCc1cnco1)OCc1ccccc1. The zero-order valence-corrected chi connectivity index (χ0v) is 9.83. The second-order valence-electron chi connectivity index (χ2n) is 3.72. The van der Waals surface area contributed by atoms with Crippen LogP contribution in [0.5, 0.6) is 0 Å². The van der Waals surface area contributed by atoms with Gasteiger partial charge in [-0.1, -0.05) is 30.3 Å². The lowest BCUT2D eigenvalue weighted by Crippen LogP contribution is -2.24. The highest BCUT2D eigenvalue weighted by atomic mass is 16.5. The van der Waals surface area contributed by atoms with Crippen molar-refractivity contribution in [1.82, 2.24) is 10.3 Å². The van der Waals surface area contributed by atoms with E-state index in [0.29, 0.717) is 18.9 Å². The molecule has 18 heavy (non-hydrogen) atoms. The molecule has 2 rings (SSSR count). The summed E-state index contributed by atoms with van der Waals surface area (Å²) >= 11 is 0.